The Balaban J connectivity index is 1.85. The van der Waals surface area contributed by atoms with Gasteiger partial charge in [-0.3, -0.25) is 0 Å². The molecule has 2 N–H and O–H groups in total. The Morgan fingerprint density at radius 1 is 1.03 bits per heavy atom. The van der Waals surface area contributed by atoms with Crippen molar-refractivity contribution in [1.29, 1.82) is 0 Å². The van der Waals surface area contributed by atoms with Crippen LogP contribution in [0.4, 0.5) is 8.78 Å². The van der Waals surface area contributed by atoms with Crippen molar-refractivity contribution in [2.45, 2.75) is 19.1 Å². The largest absolute Gasteiger partial charge is 0.480 e. The van der Waals surface area contributed by atoms with Crippen LogP contribution < -0.4 is 14.6 Å². The van der Waals surface area contributed by atoms with Crippen LogP contribution in [-0.2, 0) is 16.4 Å². The molecule has 4 rings (SSSR count). The summed E-state index contributed by atoms with van der Waals surface area (Å²) in [5.74, 6) is 0.262. The molecule has 0 radical (unpaired) electrons. The van der Waals surface area contributed by atoms with Crippen LogP contribution in [0.2, 0.25) is 0 Å². The summed E-state index contributed by atoms with van der Waals surface area (Å²) in [6.07, 6.45) is -0.250. The minimum atomic E-state index is -3.61. The summed E-state index contributed by atoms with van der Waals surface area (Å²) in [4.78, 5) is 0. The van der Waals surface area contributed by atoms with Gasteiger partial charge in [0.1, 0.15) is 17.6 Å². The molecule has 1 heterocycles. The molecule has 0 fully saturated rings. The summed E-state index contributed by atoms with van der Waals surface area (Å²) in [5.41, 5.74) is 3.51. The Kier molecular flexibility index (Phi) is 5.44. The van der Waals surface area contributed by atoms with Crippen LogP contribution in [0.1, 0.15) is 22.8 Å². The molecule has 1 atom stereocenters. The van der Waals surface area contributed by atoms with Crippen molar-refractivity contribution in [3.63, 3.8) is 0 Å². The first-order valence-electron chi connectivity index (χ1n) is 9.25. The van der Waals surface area contributed by atoms with Gasteiger partial charge in [-0.2, -0.15) is 8.78 Å². The number of rotatable bonds is 6. The molecular weight excluding hydrogens is 412 g/mol. The molecule has 1 aliphatic heterocycles. The van der Waals surface area contributed by atoms with Crippen LogP contribution >= 0.6 is 0 Å². The number of benzene rings is 3. The predicted molar refractivity (Wildman–Crippen MR) is 109 cm³/mol. The summed E-state index contributed by atoms with van der Waals surface area (Å²) in [6.45, 7) is -2.97. The van der Waals surface area contributed by atoms with Crippen molar-refractivity contribution in [3.8, 4) is 22.6 Å². The number of aryl methyl sites for hydroxylation is 1. The first-order valence-corrected chi connectivity index (χ1v) is 11.0. The van der Waals surface area contributed by atoms with Gasteiger partial charge in [-0.15, -0.1) is 0 Å². The van der Waals surface area contributed by atoms with E-state index in [0.717, 1.165) is 16.7 Å². The Morgan fingerprint density at radius 2 is 1.80 bits per heavy atom. The summed E-state index contributed by atoms with van der Waals surface area (Å²) in [5, 5.41) is 5.13. The van der Waals surface area contributed by atoms with E-state index in [9.17, 15) is 17.2 Å². The normalized spacial score (nSPS) is 15.3. The van der Waals surface area contributed by atoms with Crippen molar-refractivity contribution in [2.75, 3.05) is 5.75 Å². The van der Waals surface area contributed by atoms with E-state index in [1.165, 1.54) is 6.07 Å². The van der Waals surface area contributed by atoms with Gasteiger partial charge in [0.25, 0.3) is 0 Å². The monoisotopic (exact) mass is 431 g/mol. The van der Waals surface area contributed by atoms with Crippen molar-refractivity contribution in [2.24, 2.45) is 5.14 Å². The summed E-state index contributed by atoms with van der Waals surface area (Å²) < 4.78 is 59.5. The number of nitrogens with two attached hydrogens (primary N) is 1. The predicted octanol–water partition coefficient (Wildman–Crippen LogP) is 4.27. The van der Waals surface area contributed by atoms with Crippen LogP contribution in [-0.4, -0.2) is 20.8 Å². The SMILES string of the molecule is NS(=O)(=O)CCc1ccc2c(c1)C(c1ccccc1)Oc1cccc(OC(F)F)c1-2. The van der Waals surface area contributed by atoms with Gasteiger partial charge in [0.05, 0.1) is 11.3 Å². The number of alkyl halides is 2. The number of hydrogen-bond acceptors (Lipinski definition) is 4. The lowest BCUT2D eigenvalue weighted by atomic mass is 9.87. The lowest BCUT2D eigenvalue weighted by Gasteiger charge is -2.30. The maximum atomic E-state index is 13.0. The van der Waals surface area contributed by atoms with Gasteiger partial charge in [0, 0.05) is 5.56 Å². The van der Waals surface area contributed by atoms with E-state index in [2.05, 4.69) is 0 Å². The smallest absolute Gasteiger partial charge is 0.387 e. The second kappa shape index (κ2) is 8.04. The highest BCUT2D eigenvalue weighted by Crippen LogP contribution is 2.49. The van der Waals surface area contributed by atoms with Gasteiger partial charge in [-0.1, -0.05) is 54.6 Å². The van der Waals surface area contributed by atoms with Gasteiger partial charge in [-0.05, 0) is 35.2 Å². The average molecular weight is 431 g/mol. The Morgan fingerprint density at radius 3 is 2.50 bits per heavy atom. The minimum absolute atomic E-state index is 0.0209. The van der Waals surface area contributed by atoms with E-state index in [-0.39, 0.29) is 17.9 Å². The Labute approximate surface area is 173 Å². The molecule has 0 spiro atoms. The molecule has 0 aromatic heterocycles. The van der Waals surface area contributed by atoms with E-state index in [1.54, 1.807) is 24.3 Å². The molecule has 3 aromatic rings. The van der Waals surface area contributed by atoms with E-state index in [0.29, 0.717) is 16.9 Å². The van der Waals surface area contributed by atoms with Gasteiger partial charge < -0.3 is 9.47 Å². The zero-order valence-electron chi connectivity index (χ0n) is 15.8. The fraction of sp³-hybridized carbons (Fsp3) is 0.182. The molecule has 3 aromatic carbocycles. The highest BCUT2D eigenvalue weighted by molar-refractivity contribution is 7.89. The van der Waals surface area contributed by atoms with Crippen molar-refractivity contribution in [1.82, 2.24) is 0 Å². The molecule has 0 bridgehead atoms. The van der Waals surface area contributed by atoms with E-state index >= 15 is 0 Å². The summed E-state index contributed by atoms with van der Waals surface area (Å²) in [6, 6.07) is 19.6. The molecule has 0 aliphatic carbocycles. The molecule has 0 saturated heterocycles. The number of fused-ring (bicyclic) bond motifs is 3. The molecule has 1 unspecified atom stereocenters. The lowest BCUT2D eigenvalue weighted by molar-refractivity contribution is -0.0496. The van der Waals surface area contributed by atoms with Gasteiger partial charge >= 0.3 is 6.61 Å². The van der Waals surface area contributed by atoms with Crippen LogP contribution in [0.25, 0.3) is 11.1 Å². The van der Waals surface area contributed by atoms with E-state index in [4.69, 9.17) is 14.6 Å². The fourth-order valence-electron chi connectivity index (χ4n) is 3.61. The molecule has 0 saturated carbocycles. The highest BCUT2D eigenvalue weighted by Gasteiger charge is 2.30. The van der Waals surface area contributed by atoms with Crippen LogP contribution in [0, 0.1) is 0 Å². The Hall–Kier alpha value is -2.97. The second-order valence-electron chi connectivity index (χ2n) is 6.95. The number of hydrogen-bond donors (Lipinski definition) is 1. The standard InChI is InChI=1S/C22H19F2NO4S/c23-22(24)29-19-8-4-7-18-20(19)16-10-9-14(11-12-30(25,26)27)13-17(16)21(28-18)15-5-2-1-3-6-15/h1-10,13,21-22H,11-12H2,(H2,25,26,27). The quantitative estimate of drug-likeness (QED) is 0.632. The van der Waals surface area contributed by atoms with Crippen LogP contribution in [0.3, 0.4) is 0 Å². The summed E-state index contributed by atoms with van der Waals surface area (Å²) in [7, 11) is -3.61. The molecule has 30 heavy (non-hydrogen) atoms. The third-order valence-corrected chi connectivity index (χ3v) is 5.67. The lowest BCUT2D eigenvalue weighted by Crippen LogP contribution is -2.19. The zero-order valence-corrected chi connectivity index (χ0v) is 16.6. The van der Waals surface area contributed by atoms with Crippen LogP contribution in [0.15, 0.2) is 66.7 Å². The molecular formula is C22H19F2NO4S. The van der Waals surface area contributed by atoms with E-state index in [1.807, 2.05) is 36.4 Å². The van der Waals surface area contributed by atoms with Crippen LogP contribution in [0.5, 0.6) is 11.5 Å². The molecule has 156 valence electrons. The summed E-state index contributed by atoms with van der Waals surface area (Å²) >= 11 is 0. The number of primary sulfonamides is 1. The minimum Gasteiger partial charge on any atom is -0.480 e. The first-order chi connectivity index (χ1) is 14.3. The highest BCUT2D eigenvalue weighted by atomic mass is 32.2. The molecule has 0 amide bonds. The van der Waals surface area contributed by atoms with Crippen molar-refractivity contribution < 1.29 is 26.7 Å². The maximum Gasteiger partial charge on any atom is 0.387 e. The maximum absolute atomic E-state index is 13.0. The fourth-order valence-corrected chi connectivity index (χ4v) is 4.13. The zero-order chi connectivity index (χ0) is 21.3. The van der Waals surface area contributed by atoms with Gasteiger partial charge in [0.2, 0.25) is 10.0 Å². The number of halogens is 2. The number of ether oxygens (including phenoxy) is 2. The van der Waals surface area contributed by atoms with E-state index < -0.39 is 22.7 Å². The third-order valence-electron chi connectivity index (χ3n) is 4.89. The molecule has 1 aliphatic rings. The third kappa shape index (κ3) is 4.29. The van der Waals surface area contributed by atoms with Crippen molar-refractivity contribution >= 4 is 10.0 Å². The Bertz CT molecular complexity index is 1170. The van der Waals surface area contributed by atoms with Crippen molar-refractivity contribution in [3.05, 3.63) is 83.4 Å². The topological polar surface area (TPSA) is 78.6 Å². The van der Waals surface area contributed by atoms with Gasteiger partial charge in [0.15, 0.2) is 0 Å². The average Bonchev–Trinajstić information content (AvgIpc) is 2.71. The second-order valence-corrected chi connectivity index (χ2v) is 8.69. The number of sulfonamides is 1. The molecule has 8 heteroatoms. The molecule has 5 nitrogen and oxygen atoms in total. The van der Waals surface area contributed by atoms with Gasteiger partial charge in [-0.25, -0.2) is 13.6 Å². The first kappa shape index (κ1) is 20.3.